The molecule has 1 aliphatic rings. The fraction of sp³-hybridized carbons (Fsp3) is 0.455. The van der Waals surface area contributed by atoms with Gasteiger partial charge in [-0.3, -0.25) is 0 Å². The Labute approximate surface area is 101 Å². The van der Waals surface area contributed by atoms with Gasteiger partial charge in [-0.05, 0) is 24.6 Å². The summed E-state index contributed by atoms with van der Waals surface area (Å²) in [4.78, 5) is 0.124. The number of sulfonamides is 1. The van der Waals surface area contributed by atoms with Gasteiger partial charge in [0.1, 0.15) is 5.75 Å². The lowest BCUT2D eigenvalue weighted by Crippen LogP contribution is -2.33. The van der Waals surface area contributed by atoms with Crippen molar-refractivity contribution >= 4 is 10.0 Å². The van der Waals surface area contributed by atoms with Gasteiger partial charge in [0.25, 0.3) is 0 Å². The van der Waals surface area contributed by atoms with E-state index in [1.54, 1.807) is 0 Å². The lowest BCUT2D eigenvalue weighted by molar-refractivity contribution is 0.148. The molecule has 0 amide bonds. The van der Waals surface area contributed by atoms with Gasteiger partial charge in [-0.15, -0.1) is 0 Å². The maximum Gasteiger partial charge on any atom is 0.243 e. The van der Waals surface area contributed by atoms with Gasteiger partial charge in [-0.1, -0.05) is 6.07 Å². The van der Waals surface area contributed by atoms with Crippen LogP contribution < -0.4 is 0 Å². The number of benzene rings is 1. The number of rotatable bonds is 2. The summed E-state index contributed by atoms with van der Waals surface area (Å²) >= 11 is 0. The standard InChI is InChI=1S/C11H15NO4S/c13-10-3-1-4-11(9-10)17(14,15)12-5-2-7-16-8-6-12/h1,3-4,9,13H,2,5-8H2. The van der Waals surface area contributed by atoms with E-state index in [2.05, 4.69) is 0 Å². The molecule has 0 radical (unpaired) electrons. The van der Waals surface area contributed by atoms with E-state index >= 15 is 0 Å². The van der Waals surface area contributed by atoms with Crippen molar-refractivity contribution in [2.24, 2.45) is 0 Å². The molecule has 6 heteroatoms. The molecule has 0 bridgehead atoms. The summed E-state index contributed by atoms with van der Waals surface area (Å²) in [5.74, 6) is -0.0443. The summed E-state index contributed by atoms with van der Waals surface area (Å²) in [5.41, 5.74) is 0. The van der Waals surface area contributed by atoms with Gasteiger partial charge in [0.05, 0.1) is 11.5 Å². The number of phenolic OH excluding ortho intramolecular Hbond substituents is 1. The van der Waals surface area contributed by atoms with Crippen LogP contribution in [0.3, 0.4) is 0 Å². The third-order valence-corrected chi connectivity index (χ3v) is 4.53. The molecule has 5 nitrogen and oxygen atoms in total. The Morgan fingerprint density at radius 1 is 1.24 bits per heavy atom. The summed E-state index contributed by atoms with van der Waals surface area (Å²) < 4.78 is 31.1. The summed E-state index contributed by atoms with van der Waals surface area (Å²) in [6.45, 7) is 1.82. The average molecular weight is 257 g/mol. The monoisotopic (exact) mass is 257 g/mol. The molecule has 1 saturated heterocycles. The highest BCUT2D eigenvalue weighted by Crippen LogP contribution is 2.20. The van der Waals surface area contributed by atoms with Crippen LogP contribution in [-0.4, -0.2) is 44.1 Å². The SMILES string of the molecule is O=S(=O)(c1cccc(O)c1)N1CCCOCC1. The van der Waals surface area contributed by atoms with Gasteiger partial charge in [0, 0.05) is 19.7 Å². The second-order valence-electron chi connectivity index (χ2n) is 3.87. The van der Waals surface area contributed by atoms with E-state index in [4.69, 9.17) is 4.74 Å². The molecule has 0 saturated carbocycles. The minimum Gasteiger partial charge on any atom is -0.508 e. The number of aromatic hydroxyl groups is 1. The zero-order valence-corrected chi connectivity index (χ0v) is 10.2. The summed E-state index contributed by atoms with van der Waals surface area (Å²) in [5, 5.41) is 9.32. The average Bonchev–Trinajstić information content (AvgIpc) is 2.58. The molecule has 0 spiro atoms. The van der Waals surface area contributed by atoms with Crippen LogP contribution in [0.5, 0.6) is 5.75 Å². The zero-order chi connectivity index (χ0) is 12.3. The van der Waals surface area contributed by atoms with Crippen molar-refractivity contribution in [1.82, 2.24) is 4.31 Å². The van der Waals surface area contributed by atoms with Crippen LogP contribution in [0.25, 0.3) is 0 Å². The predicted octanol–water partition coefficient (Wildman–Crippen LogP) is 0.803. The first-order valence-corrected chi connectivity index (χ1v) is 6.91. The summed E-state index contributed by atoms with van der Waals surface area (Å²) in [6.07, 6.45) is 0.693. The van der Waals surface area contributed by atoms with E-state index in [1.807, 2.05) is 0 Å². The molecular formula is C11H15NO4S. The van der Waals surface area contributed by atoms with Crippen molar-refractivity contribution in [2.45, 2.75) is 11.3 Å². The number of ether oxygens (including phenoxy) is 1. The van der Waals surface area contributed by atoms with Crippen molar-refractivity contribution in [3.8, 4) is 5.75 Å². The fourth-order valence-electron chi connectivity index (χ4n) is 1.76. The largest absolute Gasteiger partial charge is 0.508 e. The van der Waals surface area contributed by atoms with Crippen LogP contribution in [0, 0.1) is 0 Å². The van der Waals surface area contributed by atoms with Crippen LogP contribution in [0.4, 0.5) is 0 Å². The van der Waals surface area contributed by atoms with Crippen molar-refractivity contribution in [3.63, 3.8) is 0 Å². The lowest BCUT2D eigenvalue weighted by Gasteiger charge is -2.19. The van der Waals surface area contributed by atoms with E-state index < -0.39 is 10.0 Å². The molecule has 0 aromatic heterocycles. The molecule has 17 heavy (non-hydrogen) atoms. The van der Waals surface area contributed by atoms with Gasteiger partial charge in [0.2, 0.25) is 10.0 Å². The molecule has 0 aliphatic carbocycles. The van der Waals surface area contributed by atoms with Crippen LogP contribution in [0.15, 0.2) is 29.2 Å². The first-order valence-electron chi connectivity index (χ1n) is 5.47. The molecule has 1 aromatic rings. The third kappa shape index (κ3) is 2.77. The van der Waals surface area contributed by atoms with E-state index in [0.29, 0.717) is 32.7 Å². The highest BCUT2D eigenvalue weighted by atomic mass is 32.2. The smallest absolute Gasteiger partial charge is 0.243 e. The predicted molar refractivity (Wildman–Crippen MR) is 62.3 cm³/mol. The Hall–Kier alpha value is -1.11. The Kier molecular flexibility index (Phi) is 3.66. The molecule has 0 unspecified atom stereocenters. The van der Waals surface area contributed by atoms with Gasteiger partial charge >= 0.3 is 0 Å². The van der Waals surface area contributed by atoms with E-state index in [1.165, 1.54) is 28.6 Å². The van der Waals surface area contributed by atoms with Gasteiger partial charge in [0.15, 0.2) is 0 Å². The maximum absolute atomic E-state index is 12.3. The van der Waals surface area contributed by atoms with Crippen LogP contribution in [0.1, 0.15) is 6.42 Å². The number of hydrogen-bond donors (Lipinski definition) is 1. The minimum atomic E-state index is -3.51. The second kappa shape index (κ2) is 5.03. The molecule has 2 rings (SSSR count). The van der Waals surface area contributed by atoms with Gasteiger partial charge in [-0.25, -0.2) is 8.42 Å². The van der Waals surface area contributed by atoms with Gasteiger partial charge < -0.3 is 9.84 Å². The number of phenols is 1. The quantitative estimate of drug-likeness (QED) is 0.851. The number of hydrogen-bond acceptors (Lipinski definition) is 4. The molecule has 0 atom stereocenters. The third-order valence-electron chi connectivity index (χ3n) is 2.64. The van der Waals surface area contributed by atoms with Crippen LogP contribution in [0.2, 0.25) is 0 Å². The lowest BCUT2D eigenvalue weighted by atomic mass is 10.3. The molecule has 94 valence electrons. The summed E-state index contributed by atoms with van der Waals surface area (Å²) in [7, 11) is -3.51. The first-order chi connectivity index (χ1) is 8.10. The van der Waals surface area contributed by atoms with Crippen molar-refractivity contribution in [1.29, 1.82) is 0 Å². The van der Waals surface area contributed by atoms with Crippen molar-refractivity contribution in [2.75, 3.05) is 26.3 Å². The van der Waals surface area contributed by atoms with E-state index in [0.717, 1.165) is 0 Å². The number of nitrogens with zero attached hydrogens (tertiary/aromatic N) is 1. The van der Waals surface area contributed by atoms with Crippen molar-refractivity contribution < 1.29 is 18.3 Å². The van der Waals surface area contributed by atoms with Gasteiger partial charge in [-0.2, -0.15) is 4.31 Å². The maximum atomic E-state index is 12.3. The first kappa shape index (κ1) is 12.3. The van der Waals surface area contributed by atoms with Crippen molar-refractivity contribution in [3.05, 3.63) is 24.3 Å². The Balaban J connectivity index is 2.28. The summed E-state index contributed by atoms with van der Waals surface area (Å²) in [6, 6.07) is 5.73. The molecular weight excluding hydrogens is 242 g/mol. The molecule has 1 N–H and O–H groups in total. The Morgan fingerprint density at radius 2 is 2.06 bits per heavy atom. The molecule has 1 aliphatic heterocycles. The van der Waals surface area contributed by atoms with Crippen LogP contribution >= 0.6 is 0 Å². The van der Waals surface area contributed by atoms with E-state index in [9.17, 15) is 13.5 Å². The molecule has 1 aromatic carbocycles. The van der Waals surface area contributed by atoms with E-state index in [-0.39, 0.29) is 10.6 Å². The minimum absolute atomic E-state index is 0.0443. The van der Waals surface area contributed by atoms with Crippen LogP contribution in [-0.2, 0) is 14.8 Å². The topological polar surface area (TPSA) is 66.8 Å². The zero-order valence-electron chi connectivity index (χ0n) is 9.37. The molecule has 1 heterocycles. The fourth-order valence-corrected chi connectivity index (χ4v) is 3.26. The normalized spacial score (nSPS) is 18.8. The second-order valence-corrected chi connectivity index (χ2v) is 5.81. The molecule has 1 fully saturated rings. The Morgan fingerprint density at radius 3 is 2.82 bits per heavy atom. The Bertz CT molecular complexity index is 478. The highest BCUT2D eigenvalue weighted by Gasteiger charge is 2.25. The highest BCUT2D eigenvalue weighted by molar-refractivity contribution is 7.89.